The molecule has 6 nitrogen and oxygen atoms in total. The van der Waals surface area contributed by atoms with Crippen LogP contribution >= 0.6 is 0 Å². The number of rotatable bonds is 6. The van der Waals surface area contributed by atoms with Gasteiger partial charge in [-0.15, -0.1) is 0 Å². The lowest BCUT2D eigenvalue weighted by Gasteiger charge is -2.18. The Morgan fingerprint density at radius 1 is 1.38 bits per heavy atom. The van der Waals surface area contributed by atoms with Crippen molar-refractivity contribution in [3.8, 4) is 0 Å². The van der Waals surface area contributed by atoms with E-state index in [-0.39, 0.29) is 11.2 Å². The summed E-state index contributed by atoms with van der Waals surface area (Å²) in [6.45, 7) is 8.51. The van der Waals surface area contributed by atoms with Gasteiger partial charge in [-0.1, -0.05) is 20.8 Å². The monoisotopic (exact) mass is 315 g/mol. The van der Waals surface area contributed by atoms with Crippen molar-refractivity contribution in [2.24, 2.45) is 12.5 Å². The fourth-order valence-corrected chi connectivity index (χ4v) is 3.30. The molecule has 1 aromatic heterocycles. The summed E-state index contributed by atoms with van der Waals surface area (Å²) in [4.78, 5) is 11.7. The molecule has 0 atom stereocenters. The zero-order chi connectivity index (χ0) is 16.3. The van der Waals surface area contributed by atoms with E-state index in [4.69, 9.17) is 0 Å². The molecule has 7 heteroatoms. The van der Waals surface area contributed by atoms with Crippen molar-refractivity contribution in [1.29, 1.82) is 0 Å². The van der Waals surface area contributed by atoms with E-state index in [1.165, 1.54) is 4.68 Å². The minimum Gasteiger partial charge on any atom is -0.355 e. The lowest BCUT2D eigenvalue weighted by Crippen LogP contribution is -2.33. The Hall–Kier alpha value is -1.37. The third-order valence-electron chi connectivity index (χ3n) is 3.18. The number of aryl methyl sites for hydroxylation is 2. The van der Waals surface area contributed by atoms with Crippen LogP contribution in [-0.4, -0.2) is 36.4 Å². The number of carbonyl (C=O) groups excluding carboxylic acids is 1. The molecule has 1 aromatic rings. The third-order valence-corrected chi connectivity index (χ3v) is 4.59. The van der Waals surface area contributed by atoms with Gasteiger partial charge in [0.25, 0.3) is 0 Å². The second-order valence-electron chi connectivity index (χ2n) is 6.59. The third kappa shape index (κ3) is 6.29. The highest BCUT2D eigenvalue weighted by Gasteiger charge is 2.20. The first-order valence-corrected chi connectivity index (χ1v) is 8.77. The molecule has 21 heavy (non-hydrogen) atoms. The minimum atomic E-state index is -3.49. The molecule has 1 N–H and O–H groups in total. The molecular formula is C14H25N3O3S. The fraction of sp³-hybridized carbons (Fsp3) is 0.714. The zero-order valence-corrected chi connectivity index (χ0v) is 14.2. The maximum absolute atomic E-state index is 12.1. The minimum absolute atomic E-state index is 0.109. The Labute approximate surface area is 126 Å². The van der Waals surface area contributed by atoms with Gasteiger partial charge in [-0.3, -0.25) is 9.48 Å². The van der Waals surface area contributed by atoms with E-state index < -0.39 is 21.5 Å². The number of nitrogens with zero attached hydrogens (tertiary/aromatic N) is 2. The molecule has 0 radical (unpaired) electrons. The smallest absolute Gasteiger partial charge is 0.235 e. The number of hydrogen-bond donors (Lipinski definition) is 1. The molecule has 0 fully saturated rings. The number of aromatic nitrogens is 2. The lowest BCUT2D eigenvalue weighted by molar-refractivity contribution is -0.118. The van der Waals surface area contributed by atoms with Gasteiger partial charge in [0.2, 0.25) is 5.91 Å². The van der Waals surface area contributed by atoms with Crippen molar-refractivity contribution in [3.63, 3.8) is 0 Å². The predicted octanol–water partition coefficient (Wildman–Crippen LogP) is 1.20. The van der Waals surface area contributed by atoms with Gasteiger partial charge in [-0.05, 0) is 24.3 Å². The van der Waals surface area contributed by atoms with E-state index in [0.29, 0.717) is 12.2 Å². The number of sulfone groups is 1. The molecule has 0 saturated heterocycles. The molecule has 1 rings (SSSR count). The number of amides is 1. The van der Waals surface area contributed by atoms with E-state index in [2.05, 4.69) is 31.2 Å². The van der Waals surface area contributed by atoms with Crippen LogP contribution in [0.15, 0.2) is 6.20 Å². The van der Waals surface area contributed by atoms with Crippen LogP contribution in [-0.2, 0) is 27.4 Å². The van der Waals surface area contributed by atoms with Crippen LogP contribution in [0.3, 0.4) is 0 Å². The Bertz CT molecular complexity index is 578. The topological polar surface area (TPSA) is 81.1 Å². The van der Waals surface area contributed by atoms with Gasteiger partial charge >= 0.3 is 0 Å². The molecule has 0 unspecified atom stereocenters. The fourth-order valence-electron chi connectivity index (χ4n) is 1.87. The summed E-state index contributed by atoms with van der Waals surface area (Å²) < 4.78 is 25.7. The summed E-state index contributed by atoms with van der Waals surface area (Å²) >= 11 is 0. The molecule has 1 amide bonds. The summed E-state index contributed by atoms with van der Waals surface area (Å²) in [5.41, 5.74) is 1.55. The standard InChI is InChI=1S/C14H25N3O3S/c1-11-8-16-17(5)12(11)9-21(19,20)10-13(18)15-7-6-14(2,3)4/h8H,6-7,9-10H2,1-5H3,(H,15,18). The Balaban J connectivity index is 2.55. The first-order chi connectivity index (χ1) is 9.50. The predicted molar refractivity (Wildman–Crippen MR) is 82.5 cm³/mol. The number of hydrogen-bond acceptors (Lipinski definition) is 4. The SMILES string of the molecule is Cc1cnn(C)c1CS(=O)(=O)CC(=O)NCCC(C)(C)C. The van der Waals surface area contributed by atoms with E-state index in [1.807, 2.05) is 0 Å². The maximum atomic E-state index is 12.1. The summed E-state index contributed by atoms with van der Waals surface area (Å²) in [5.74, 6) is -1.09. The highest BCUT2D eigenvalue weighted by Crippen LogP contribution is 2.17. The van der Waals surface area contributed by atoms with Crippen molar-refractivity contribution in [3.05, 3.63) is 17.5 Å². The van der Waals surface area contributed by atoms with Crippen molar-refractivity contribution in [2.45, 2.75) is 39.9 Å². The van der Waals surface area contributed by atoms with Crippen LogP contribution in [0.4, 0.5) is 0 Å². The second-order valence-corrected chi connectivity index (χ2v) is 8.66. The van der Waals surface area contributed by atoms with E-state index >= 15 is 0 Å². The van der Waals surface area contributed by atoms with Gasteiger partial charge in [0, 0.05) is 13.6 Å². The molecule has 0 aliphatic rings. The van der Waals surface area contributed by atoms with Gasteiger partial charge in [-0.2, -0.15) is 5.10 Å². The first-order valence-electron chi connectivity index (χ1n) is 6.95. The Morgan fingerprint density at radius 2 is 2.00 bits per heavy atom. The Kier molecular flexibility index (Phi) is 5.55. The van der Waals surface area contributed by atoms with Crippen molar-refractivity contribution in [1.82, 2.24) is 15.1 Å². The Morgan fingerprint density at radius 3 is 2.48 bits per heavy atom. The van der Waals surface area contributed by atoms with Crippen LogP contribution in [0.1, 0.15) is 38.4 Å². The molecule has 0 spiro atoms. The molecule has 120 valence electrons. The van der Waals surface area contributed by atoms with Crippen LogP contribution in [0.2, 0.25) is 0 Å². The molecule has 0 aliphatic carbocycles. The quantitative estimate of drug-likeness (QED) is 0.855. The largest absolute Gasteiger partial charge is 0.355 e. The summed E-state index contributed by atoms with van der Waals surface area (Å²) in [5, 5.41) is 6.67. The van der Waals surface area contributed by atoms with Crippen LogP contribution < -0.4 is 5.32 Å². The normalized spacial score (nSPS) is 12.4. The van der Waals surface area contributed by atoms with Crippen LogP contribution in [0.5, 0.6) is 0 Å². The average molecular weight is 315 g/mol. The van der Waals surface area contributed by atoms with Crippen molar-refractivity contribution < 1.29 is 13.2 Å². The van der Waals surface area contributed by atoms with Gasteiger partial charge < -0.3 is 5.32 Å². The molecular weight excluding hydrogens is 290 g/mol. The van der Waals surface area contributed by atoms with Crippen molar-refractivity contribution in [2.75, 3.05) is 12.3 Å². The summed E-state index contributed by atoms with van der Waals surface area (Å²) in [6.07, 6.45) is 2.42. The maximum Gasteiger partial charge on any atom is 0.235 e. The van der Waals surface area contributed by atoms with Crippen LogP contribution in [0.25, 0.3) is 0 Å². The van der Waals surface area contributed by atoms with Gasteiger partial charge in [0.05, 0.1) is 17.6 Å². The lowest BCUT2D eigenvalue weighted by atomic mass is 9.92. The highest BCUT2D eigenvalue weighted by atomic mass is 32.2. The summed E-state index contributed by atoms with van der Waals surface area (Å²) in [7, 11) is -1.79. The average Bonchev–Trinajstić information content (AvgIpc) is 2.57. The highest BCUT2D eigenvalue weighted by molar-refractivity contribution is 7.91. The summed E-state index contributed by atoms with van der Waals surface area (Å²) in [6, 6.07) is 0. The molecule has 1 heterocycles. The van der Waals surface area contributed by atoms with E-state index in [1.54, 1.807) is 20.2 Å². The van der Waals surface area contributed by atoms with Crippen LogP contribution in [0, 0.1) is 12.3 Å². The molecule has 0 aromatic carbocycles. The van der Waals surface area contributed by atoms with Gasteiger partial charge in [-0.25, -0.2) is 8.42 Å². The molecule has 0 aliphatic heterocycles. The molecule has 0 saturated carbocycles. The van der Waals surface area contributed by atoms with E-state index in [0.717, 1.165) is 12.0 Å². The van der Waals surface area contributed by atoms with Crippen molar-refractivity contribution >= 4 is 15.7 Å². The van der Waals surface area contributed by atoms with Gasteiger partial charge in [0.15, 0.2) is 9.84 Å². The zero-order valence-electron chi connectivity index (χ0n) is 13.4. The second kappa shape index (κ2) is 6.60. The molecule has 0 bridgehead atoms. The van der Waals surface area contributed by atoms with E-state index in [9.17, 15) is 13.2 Å². The van der Waals surface area contributed by atoms with Gasteiger partial charge in [0.1, 0.15) is 5.75 Å². The number of carbonyl (C=O) groups is 1. The number of nitrogens with one attached hydrogen (secondary N) is 1. The first kappa shape index (κ1) is 17.7.